The Hall–Kier alpha value is -0.950. The smallest absolute Gasteiger partial charge is 0.249 e. The normalized spacial score (nSPS) is 21.5. The molecule has 0 radical (unpaired) electrons. The molecule has 1 aromatic heterocycles. The van der Waals surface area contributed by atoms with Crippen LogP contribution in [-0.4, -0.2) is 35.5 Å². The second-order valence-electron chi connectivity index (χ2n) is 3.95. The zero-order valence-electron chi connectivity index (χ0n) is 9.47. The minimum Gasteiger partial charge on any atom is -0.307 e. The molecule has 1 unspecified atom stereocenters. The van der Waals surface area contributed by atoms with E-state index in [1.54, 1.807) is 18.5 Å². The lowest BCUT2D eigenvalue weighted by Crippen LogP contribution is -2.18. The van der Waals surface area contributed by atoms with Gasteiger partial charge in [0.1, 0.15) is 0 Å². The summed E-state index contributed by atoms with van der Waals surface area (Å²) in [5.41, 5.74) is 0. The minimum atomic E-state index is -3.28. The molecule has 1 aromatic rings. The Kier molecular flexibility index (Phi) is 2.98. The maximum Gasteiger partial charge on any atom is 0.249 e. The Labute approximate surface area is 95.0 Å². The van der Waals surface area contributed by atoms with Crippen molar-refractivity contribution in [2.45, 2.75) is 31.0 Å². The van der Waals surface area contributed by atoms with Crippen LogP contribution >= 0.6 is 0 Å². The molecule has 0 bridgehead atoms. The van der Waals surface area contributed by atoms with E-state index in [9.17, 15) is 8.42 Å². The number of nitrogens with zero attached hydrogens (tertiary/aromatic N) is 3. The van der Waals surface area contributed by atoms with E-state index in [1.807, 2.05) is 0 Å². The van der Waals surface area contributed by atoms with E-state index >= 15 is 0 Å². The molecule has 2 heterocycles. The van der Waals surface area contributed by atoms with Crippen LogP contribution in [0.1, 0.15) is 31.6 Å². The lowest BCUT2D eigenvalue weighted by atomic mass is 10.2. The molecule has 2 rings (SSSR count). The molecule has 90 valence electrons. The number of aromatic nitrogens is 3. The van der Waals surface area contributed by atoms with Gasteiger partial charge in [-0.15, -0.1) is 10.2 Å². The number of hydrogen-bond acceptors (Lipinski definition) is 5. The molecule has 6 nitrogen and oxygen atoms in total. The molecule has 1 aliphatic rings. The largest absolute Gasteiger partial charge is 0.307 e. The van der Waals surface area contributed by atoms with Crippen LogP contribution in [0.15, 0.2) is 5.16 Å². The van der Waals surface area contributed by atoms with Crippen LogP contribution in [0.4, 0.5) is 0 Å². The molecule has 7 heteroatoms. The van der Waals surface area contributed by atoms with E-state index in [0.717, 1.165) is 19.4 Å². The fourth-order valence-electron chi connectivity index (χ4n) is 1.93. The van der Waals surface area contributed by atoms with Crippen LogP contribution in [0, 0.1) is 0 Å². The van der Waals surface area contributed by atoms with Gasteiger partial charge in [0.05, 0.1) is 11.8 Å². The van der Waals surface area contributed by atoms with Crippen LogP contribution in [-0.2, 0) is 16.9 Å². The third-order valence-electron chi connectivity index (χ3n) is 2.90. The first kappa shape index (κ1) is 11.5. The molecule has 0 saturated carbocycles. The van der Waals surface area contributed by atoms with E-state index in [-0.39, 0.29) is 17.0 Å². The standard InChI is InChI=1S/C9H16N4O2S/c1-3-16(14,15)9-12-11-8(13(9)2)7-5-4-6-10-7/h7,10H,3-6H2,1-2H3. The van der Waals surface area contributed by atoms with Gasteiger partial charge in [0.25, 0.3) is 0 Å². The molecule has 0 spiro atoms. The molecule has 0 aliphatic carbocycles. The molecule has 16 heavy (non-hydrogen) atoms. The molecule has 1 atom stereocenters. The first-order valence-electron chi connectivity index (χ1n) is 5.41. The summed E-state index contributed by atoms with van der Waals surface area (Å²) in [4.78, 5) is 0. The first-order valence-corrected chi connectivity index (χ1v) is 7.07. The average Bonchev–Trinajstić information content (AvgIpc) is 2.86. The highest BCUT2D eigenvalue weighted by atomic mass is 32.2. The third-order valence-corrected chi connectivity index (χ3v) is 4.57. The molecule has 1 fully saturated rings. The summed E-state index contributed by atoms with van der Waals surface area (Å²) in [6.45, 7) is 2.56. The lowest BCUT2D eigenvalue weighted by Gasteiger charge is -2.09. The van der Waals surface area contributed by atoms with Crippen molar-refractivity contribution in [3.63, 3.8) is 0 Å². The van der Waals surface area contributed by atoms with Gasteiger partial charge in [-0.05, 0) is 19.4 Å². The van der Waals surface area contributed by atoms with Gasteiger partial charge in [0, 0.05) is 7.05 Å². The lowest BCUT2D eigenvalue weighted by molar-refractivity contribution is 0.553. The van der Waals surface area contributed by atoms with E-state index in [1.165, 1.54) is 0 Å². The highest BCUT2D eigenvalue weighted by Gasteiger charge is 2.26. The van der Waals surface area contributed by atoms with E-state index in [2.05, 4.69) is 15.5 Å². The van der Waals surface area contributed by atoms with Crippen molar-refractivity contribution in [3.8, 4) is 0 Å². The Balaban J connectivity index is 2.37. The Bertz CT molecular complexity index is 474. The predicted molar refractivity (Wildman–Crippen MR) is 58.7 cm³/mol. The highest BCUT2D eigenvalue weighted by molar-refractivity contribution is 7.91. The molecular weight excluding hydrogens is 228 g/mol. The van der Waals surface area contributed by atoms with E-state index < -0.39 is 9.84 Å². The van der Waals surface area contributed by atoms with Gasteiger partial charge < -0.3 is 9.88 Å². The summed E-state index contributed by atoms with van der Waals surface area (Å²) in [7, 11) is -1.57. The van der Waals surface area contributed by atoms with Gasteiger partial charge in [-0.3, -0.25) is 0 Å². The molecule has 1 aliphatic heterocycles. The highest BCUT2D eigenvalue weighted by Crippen LogP contribution is 2.22. The summed E-state index contributed by atoms with van der Waals surface area (Å²) in [6, 6.07) is 0.137. The van der Waals surface area contributed by atoms with Gasteiger partial charge in [-0.2, -0.15) is 0 Å². The topological polar surface area (TPSA) is 76.9 Å². The average molecular weight is 244 g/mol. The number of sulfone groups is 1. The number of rotatable bonds is 3. The fraction of sp³-hybridized carbons (Fsp3) is 0.778. The number of hydrogen-bond donors (Lipinski definition) is 1. The van der Waals surface area contributed by atoms with Gasteiger partial charge in [0.2, 0.25) is 15.0 Å². The summed E-state index contributed by atoms with van der Waals surface area (Å²) < 4.78 is 25.0. The van der Waals surface area contributed by atoms with Crippen molar-refractivity contribution in [3.05, 3.63) is 5.82 Å². The second kappa shape index (κ2) is 4.14. The molecule has 0 amide bonds. The van der Waals surface area contributed by atoms with Crippen molar-refractivity contribution in [1.29, 1.82) is 0 Å². The van der Waals surface area contributed by atoms with Crippen molar-refractivity contribution >= 4 is 9.84 Å². The van der Waals surface area contributed by atoms with E-state index in [0.29, 0.717) is 5.82 Å². The summed E-state index contributed by atoms with van der Waals surface area (Å²) >= 11 is 0. The molecule has 0 aromatic carbocycles. The van der Waals surface area contributed by atoms with Crippen LogP contribution in [0.25, 0.3) is 0 Å². The van der Waals surface area contributed by atoms with Crippen molar-refractivity contribution in [1.82, 2.24) is 20.1 Å². The maximum atomic E-state index is 11.7. The third kappa shape index (κ3) is 1.84. The first-order chi connectivity index (χ1) is 7.56. The summed E-state index contributed by atoms with van der Waals surface area (Å²) in [5.74, 6) is 0.765. The van der Waals surface area contributed by atoms with E-state index in [4.69, 9.17) is 0 Å². The van der Waals surface area contributed by atoms with Crippen LogP contribution in [0.5, 0.6) is 0 Å². The van der Waals surface area contributed by atoms with Gasteiger partial charge in [0.15, 0.2) is 5.82 Å². The number of nitrogens with one attached hydrogen (secondary N) is 1. The Morgan fingerprint density at radius 2 is 2.25 bits per heavy atom. The summed E-state index contributed by atoms with van der Waals surface area (Å²) in [5, 5.41) is 11.1. The Morgan fingerprint density at radius 3 is 2.81 bits per heavy atom. The van der Waals surface area contributed by atoms with Crippen LogP contribution in [0.2, 0.25) is 0 Å². The van der Waals surface area contributed by atoms with Gasteiger partial charge >= 0.3 is 0 Å². The van der Waals surface area contributed by atoms with Gasteiger partial charge in [-0.1, -0.05) is 6.92 Å². The summed E-state index contributed by atoms with van der Waals surface area (Å²) in [6.07, 6.45) is 2.07. The maximum absolute atomic E-state index is 11.7. The molecule has 1 N–H and O–H groups in total. The van der Waals surface area contributed by atoms with Crippen molar-refractivity contribution < 1.29 is 8.42 Å². The quantitative estimate of drug-likeness (QED) is 0.812. The van der Waals surface area contributed by atoms with Crippen LogP contribution < -0.4 is 5.32 Å². The fourth-order valence-corrected chi connectivity index (χ4v) is 2.87. The zero-order chi connectivity index (χ0) is 11.8. The second-order valence-corrected chi connectivity index (χ2v) is 6.12. The zero-order valence-corrected chi connectivity index (χ0v) is 10.3. The Morgan fingerprint density at radius 1 is 1.50 bits per heavy atom. The van der Waals surface area contributed by atoms with Crippen LogP contribution in [0.3, 0.4) is 0 Å². The van der Waals surface area contributed by atoms with Crippen molar-refractivity contribution in [2.75, 3.05) is 12.3 Å². The molecular formula is C9H16N4O2S. The van der Waals surface area contributed by atoms with Gasteiger partial charge in [-0.25, -0.2) is 8.42 Å². The SMILES string of the molecule is CCS(=O)(=O)c1nnc(C2CCCN2)n1C. The van der Waals surface area contributed by atoms with Crippen molar-refractivity contribution in [2.24, 2.45) is 7.05 Å². The monoisotopic (exact) mass is 244 g/mol. The molecule has 1 saturated heterocycles. The minimum absolute atomic E-state index is 0.0526. The predicted octanol–water partition coefficient (Wildman–Crippen LogP) is 0.0332.